The van der Waals surface area contributed by atoms with Crippen molar-refractivity contribution < 1.29 is 9.47 Å². The third-order valence-corrected chi connectivity index (χ3v) is 3.58. The van der Waals surface area contributed by atoms with E-state index in [1.165, 1.54) is 0 Å². The Hall–Kier alpha value is -0.650. The maximum Gasteiger partial charge on any atom is 0.128 e. The number of aryl methyl sites for hydroxylation is 1. The monoisotopic (exact) mass is 330 g/mol. The van der Waals surface area contributed by atoms with Gasteiger partial charge in [-0.3, -0.25) is 9.88 Å². The van der Waals surface area contributed by atoms with E-state index in [-0.39, 0.29) is 0 Å². The number of methoxy groups -OCH3 is 2. The van der Waals surface area contributed by atoms with Crippen LogP contribution in [0.1, 0.15) is 16.8 Å². The van der Waals surface area contributed by atoms with Crippen LogP contribution < -0.4 is 4.74 Å². The predicted molar refractivity (Wildman–Crippen MR) is 81.2 cm³/mol. The van der Waals surface area contributed by atoms with Crippen LogP contribution >= 0.6 is 15.9 Å². The van der Waals surface area contributed by atoms with Gasteiger partial charge in [0.05, 0.1) is 24.2 Å². The molecule has 0 amide bonds. The molecular weight excluding hydrogens is 308 g/mol. The fourth-order valence-electron chi connectivity index (χ4n) is 2.12. The number of nitrogens with zero attached hydrogens (tertiary/aromatic N) is 2. The average molecular weight is 331 g/mol. The molecule has 0 radical (unpaired) electrons. The van der Waals surface area contributed by atoms with Gasteiger partial charge in [-0.15, -0.1) is 0 Å². The smallest absolute Gasteiger partial charge is 0.128 e. The molecule has 0 fully saturated rings. The standard InChI is InChI=1S/C14H23BrN2O2/c1-10-6-16-13(11(2)14(10)19-5)8-17(3)7-12(15)9-18-4/h6,12H,7-9H2,1-5H3. The minimum Gasteiger partial charge on any atom is -0.496 e. The summed E-state index contributed by atoms with van der Waals surface area (Å²) in [5.74, 6) is 0.936. The molecule has 0 aliphatic heterocycles. The molecule has 1 aromatic rings. The lowest BCUT2D eigenvalue weighted by molar-refractivity contribution is 0.184. The zero-order valence-electron chi connectivity index (χ0n) is 12.4. The molecule has 0 aliphatic carbocycles. The van der Waals surface area contributed by atoms with E-state index in [1.54, 1.807) is 14.2 Å². The van der Waals surface area contributed by atoms with Gasteiger partial charge >= 0.3 is 0 Å². The highest BCUT2D eigenvalue weighted by atomic mass is 79.9. The summed E-state index contributed by atoms with van der Waals surface area (Å²) >= 11 is 3.60. The van der Waals surface area contributed by atoms with Crippen LogP contribution in [0.5, 0.6) is 5.75 Å². The molecule has 0 saturated carbocycles. The number of halogens is 1. The summed E-state index contributed by atoms with van der Waals surface area (Å²) in [5.41, 5.74) is 3.25. The Morgan fingerprint density at radius 2 is 2.05 bits per heavy atom. The van der Waals surface area contributed by atoms with E-state index in [2.05, 4.69) is 39.8 Å². The van der Waals surface area contributed by atoms with Gasteiger partial charge in [-0.05, 0) is 20.9 Å². The highest BCUT2D eigenvalue weighted by Crippen LogP contribution is 2.24. The number of aromatic nitrogens is 1. The summed E-state index contributed by atoms with van der Waals surface area (Å²) < 4.78 is 10.6. The molecule has 0 saturated heterocycles. The van der Waals surface area contributed by atoms with Gasteiger partial charge in [0.25, 0.3) is 0 Å². The molecule has 5 heteroatoms. The van der Waals surface area contributed by atoms with Crippen LogP contribution in [0.4, 0.5) is 0 Å². The van der Waals surface area contributed by atoms with E-state index in [0.717, 1.165) is 35.7 Å². The summed E-state index contributed by atoms with van der Waals surface area (Å²) in [4.78, 5) is 7.07. The van der Waals surface area contributed by atoms with Gasteiger partial charge < -0.3 is 9.47 Å². The third-order valence-electron chi connectivity index (χ3n) is 3.03. The Labute approximate surface area is 124 Å². The average Bonchev–Trinajstić information content (AvgIpc) is 2.33. The second-order valence-corrected chi connectivity index (χ2v) is 6.09. The Kier molecular flexibility index (Phi) is 6.75. The summed E-state index contributed by atoms with van der Waals surface area (Å²) in [6, 6.07) is 0. The molecular formula is C14H23BrN2O2. The van der Waals surface area contributed by atoms with Crippen LogP contribution in [0.2, 0.25) is 0 Å². The quantitative estimate of drug-likeness (QED) is 0.719. The van der Waals surface area contributed by atoms with Crippen molar-refractivity contribution in [2.45, 2.75) is 25.2 Å². The Morgan fingerprint density at radius 3 is 2.63 bits per heavy atom. The van der Waals surface area contributed by atoms with Gasteiger partial charge in [0.15, 0.2) is 0 Å². The van der Waals surface area contributed by atoms with Crippen LogP contribution in [0, 0.1) is 13.8 Å². The molecule has 0 bridgehead atoms. The highest BCUT2D eigenvalue weighted by Gasteiger charge is 2.13. The van der Waals surface area contributed by atoms with Gasteiger partial charge in [-0.1, -0.05) is 15.9 Å². The number of alkyl halides is 1. The summed E-state index contributed by atoms with van der Waals surface area (Å²) in [6.45, 7) is 6.48. The molecule has 0 N–H and O–H groups in total. The number of pyridine rings is 1. The maximum atomic E-state index is 5.43. The topological polar surface area (TPSA) is 34.6 Å². The van der Waals surface area contributed by atoms with Gasteiger partial charge in [-0.25, -0.2) is 0 Å². The lowest BCUT2D eigenvalue weighted by Crippen LogP contribution is -2.28. The lowest BCUT2D eigenvalue weighted by atomic mass is 10.1. The first-order chi connectivity index (χ1) is 8.99. The number of ether oxygens (including phenoxy) is 2. The zero-order valence-corrected chi connectivity index (χ0v) is 14.0. The fourth-order valence-corrected chi connectivity index (χ4v) is 2.88. The van der Waals surface area contributed by atoms with E-state index < -0.39 is 0 Å². The molecule has 0 aliphatic rings. The van der Waals surface area contributed by atoms with Crippen LogP contribution in [0.3, 0.4) is 0 Å². The van der Waals surface area contributed by atoms with Gasteiger partial charge in [-0.2, -0.15) is 0 Å². The fraction of sp³-hybridized carbons (Fsp3) is 0.643. The van der Waals surface area contributed by atoms with E-state index in [0.29, 0.717) is 11.4 Å². The van der Waals surface area contributed by atoms with Gasteiger partial charge in [0.1, 0.15) is 5.75 Å². The Balaban J connectivity index is 2.72. The maximum absolute atomic E-state index is 5.43. The largest absolute Gasteiger partial charge is 0.496 e. The second-order valence-electron chi connectivity index (χ2n) is 4.80. The van der Waals surface area contributed by atoms with Crippen LogP contribution in [0.15, 0.2) is 6.20 Å². The SMILES string of the molecule is COCC(Br)CN(C)Cc1ncc(C)c(OC)c1C. The van der Waals surface area contributed by atoms with Crippen molar-refractivity contribution in [3.63, 3.8) is 0 Å². The first-order valence-electron chi connectivity index (χ1n) is 6.30. The van der Waals surface area contributed by atoms with Crippen molar-refractivity contribution in [3.8, 4) is 5.75 Å². The summed E-state index contributed by atoms with van der Waals surface area (Å²) in [6.07, 6.45) is 1.87. The van der Waals surface area contributed by atoms with Gasteiger partial charge in [0, 0.05) is 37.5 Å². The normalized spacial score (nSPS) is 12.8. The van der Waals surface area contributed by atoms with Crippen molar-refractivity contribution in [1.29, 1.82) is 0 Å². The number of rotatable bonds is 7. The highest BCUT2D eigenvalue weighted by molar-refractivity contribution is 9.09. The summed E-state index contributed by atoms with van der Waals surface area (Å²) in [5, 5.41) is 0. The molecule has 0 spiro atoms. The van der Waals surface area contributed by atoms with E-state index in [4.69, 9.17) is 9.47 Å². The van der Waals surface area contributed by atoms with Crippen molar-refractivity contribution >= 4 is 15.9 Å². The molecule has 1 heterocycles. The predicted octanol–water partition coefficient (Wildman–Crippen LogP) is 2.55. The number of hydrogen-bond acceptors (Lipinski definition) is 4. The molecule has 1 rings (SSSR count). The van der Waals surface area contributed by atoms with Crippen LogP contribution in [-0.4, -0.2) is 49.1 Å². The molecule has 4 nitrogen and oxygen atoms in total. The third kappa shape index (κ3) is 4.75. The Bertz CT molecular complexity index is 413. The first-order valence-corrected chi connectivity index (χ1v) is 7.21. The van der Waals surface area contributed by atoms with Crippen molar-refractivity contribution in [2.24, 2.45) is 0 Å². The molecule has 1 atom stereocenters. The zero-order chi connectivity index (χ0) is 14.4. The van der Waals surface area contributed by atoms with E-state index in [9.17, 15) is 0 Å². The van der Waals surface area contributed by atoms with Crippen molar-refractivity contribution in [3.05, 3.63) is 23.0 Å². The van der Waals surface area contributed by atoms with Crippen molar-refractivity contribution in [2.75, 3.05) is 34.4 Å². The molecule has 0 aromatic carbocycles. The minimum absolute atomic E-state index is 0.329. The summed E-state index contributed by atoms with van der Waals surface area (Å²) in [7, 11) is 5.50. The van der Waals surface area contributed by atoms with E-state index >= 15 is 0 Å². The minimum atomic E-state index is 0.329. The molecule has 1 aromatic heterocycles. The molecule has 1 unspecified atom stereocenters. The van der Waals surface area contributed by atoms with Crippen molar-refractivity contribution in [1.82, 2.24) is 9.88 Å². The number of hydrogen-bond donors (Lipinski definition) is 0. The molecule has 19 heavy (non-hydrogen) atoms. The first kappa shape index (κ1) is 16.4. The van der Waals surface area contributed by atoms with E-state index in [1.807, 2.05) is 13.1 Å². The Morgan fingerprint density at radius 1 is 1.37 bits per heavy atom. The second kappa shape index (κ2) is 7.82. The van der Waals surface area contributed by atoms with Crippen LogP contribution in [0.25, 0.3) is 0 Å². The molecule has 108 valence electrons. The lowest BCUT2D eigenvalue weighted by Gasteiger charge is -2.21. The van der Waals surface area contributed by atoms with Crippen LogP contribution in [-0.2, 0) is 11.3 Å². The van der Waals surface area contributed by atoms with Gasteiger partial charge in [0.2, 0.25) is 0 Å².